The molecular weight excluding hydrogens is 324 g/mol. The van der Waals surface area contributed by atoms with Crippen LogP contribution in [-0.2, 0) is 4.74 Å². The number of nitrogens with zero attached hydrogens (tertiary/aromatic N) is 2. The van der Waals surface area contributed by atoms with Gasteiger partial charge >= 0.3 is 0 Å². The SMILES string of the molecule is C=C[C@H]1CN2CC[C@H]1C[C@H]2[C@H](OCC)c1ccnc2ccc(OC)cc12. The molecule has 26 heavy (non-hydrogen) atoms. The smallest absolute Gasteiger partial charge is 0.119 e. The van der Waals surface area contributed by atoms with Crippen LogP contribution in [0.2, 0.25) is 0 Å². The lowest BCUT2D eigenvalue weighted by molar-refractivity contribution is -0.0719. The zero-order valence-corrected chi connectivity index (χ0v) is 15.7. The van der Waals surface area contributed by atoms with E-state index in [2.05, 4.69) is 41.6 Å². The van der Waals surface area contributed by atoms with Gasteiger partial charge in [0, 0.05) is 30.8 Å². The molecule has 1 aromatic heterocycles. The van der Waals surface area contributed by atoms with Gasteiger partial charge in [0.2, 0.25) is 0 Å². The molecule has 3 aliphatic heterocycles. The van der Waals surface area contributed by atoms with Crippen LogP contribution in [0.4, 0.5) is 0 Å². The molecule has 1 unspecified atom stereocenters. The Morgan fingerprint density at radius 2 is 2.27 bits per heavy atom. The fraction of sp³-hybridized carbons (Fsp3) is 0.500. The number of pyridine rings is 1. The van der Waals surface area contributed by atoms with Crippen LogP contribution in [0.5, 0.6) is 5.75 Å². The standard InChI is InChI=1S/C22H28N2O2/c1-4-15-14-24-11-9-16(15)12-21(24)22(26-5-2)18-8-10-23-20-7-6-17(25-3)13-19(18)20/h4,6-8,10,13,15-16,21-22H,1,5,9,11-12,14H2,2-3H3/t15-,16-,21-,22+/m0/s1. The van der Waals surface area contributed by atoms with Crippen LogP contribution in [0.1, 0.15) is 31.4 Å². The summed E-state index contributed by atoms with van der Waals surface area (Å²) in [4.78, 5) is 7.15. The molecule has 3 fully saturated rings. The highest BCUT2D eigenvalue weighted by Gasteiger charge is 2.43. The van der Waals surface area contributed by atoms with Crippen LogP contribution >= 0.6 is 0 Å². The molecule has 0 aliphatic carbocycles. The van der Waals surface area contributed by atoms with Crippen molar-refractivity contribution in [3.05, 3.63) is 48.7 Å². The van der Waals surface area contributed by atoms with Gasteiger partial charge in [-0.3, -0.25) is 9.88 Å². The normalized spacial score (nSPS) is 28.8. The first-order chi connectivity index (χ1) is 12.7. The Morgan fingerprint density at radius 1 is 1.38 bits per heavy atom. The molecule has 2 aromatic rings. The number of methoxy groups -OCH3 is 1. The zero-order chi connectivity index (χ0) is 18.1. The van der Waals surface area contributed by atoms with Gasteiger partial charge in [-0.05, 0) is 68.0 Å². The number of hydrogen-bond acceptors (Lipinski definition) is 4. The predicted molar refractivity (Wildman–Crippen MR) is 104 cm³/mol. The third-order valence-electron chi connectivity index (χ3n) is 6.14. The molecule has 5 rings (SSSR count). The third-order valence-corrected chi connectivity index (χ3v) is 6.14. The van der Waals surface area contributed by atoms with E-state index in [0.717, 1.165) is 35.7 Å². The van der Waals surface area contributed by atoms with E-state index in [1.165, 1.54) is 18.4 Å². The molecule has 5 atom stereocenters. The van der Waals surface area contributed by atoms with Crippen LogP contribution < -0.4 is 4.74 Å². The molecule has 138 valence electrons. The van der Waals surface area contributed by atoms with Crippen molar-refractivity contribution in [3.63, 3.8) is 0 Å². The summed E-state index contributed by atoms with van der Waals surface area (Å²) in [6.45, 7) is 9.11. The second kappa shape index (κ2) is 7.37. The van der Waals surface area contributed by atoms with E-state index in [-0.39, 0.29) is 6.10 Å². The Bertz CT molecular complexity index is 791. The van der Waals surface area contributed by atoms with Crippen molar-refractivity contribution < 1.29 is 9.47 Å². The van der Waals surface area contributed by atoms with Gasteiger partial charge in [-0.15, -0.1) is 6.58 Å². The van der Waals surface area contributed by atoms with Gasteiger partial charge in [-0.1, -0.05) is 6.08 Å². The molecule has 0 N–H and O–H groups in total. The summed E-state index contributed by atoms with van der Waals surface area (Å²) < 4.78 is 11.8. The summed E-state index contributed by atoms with van der Waals surface area (Å²) in [5.74, 6) is 2.21. The number of fused-ring (bicyclic) bond motifs is 4. The Labute approximate surface area is 155 Å². The van der Waals surface area contributed by atoms with E-state index in [4.69, 9.17) is 9.47 Å². The van der Waals surface area contributed by atoms with Gasteiger partial charge < -0.3 is 9.47 Å². The fourth-order valence-electron chi connectivity index (χ4n) is 4.80. The highest BCUT2D eigenvalue weighted by Crippen LogP contribution is 2.43. The minimum absolute atomic E-state index is 0.0613. The van der Waals surface area contributed by atoms with E-state index in [1.807, 2.05) is 18.3 Å². The first kappa shape index (κ1) is 17.5. The Kier molecular flexibility index (Phi) is 4.96. The Balaban J connectivity index is 1.74. The number of piperidine rings is 3. The molecule has 4 nitrogen and oxygen atoms in total. The summed E-state index contributed by atoms with van der Waals surface area (Å²) >= 11 is 0. The monoisotopic (exact) mass is 352 g/mol. The van der Waals surface area contributed by atoms with Gasteiger partial charge in [0.15, 0.2) is 0 Å². The summed E-state index contributed by atoms with van der Waals surface area (Å²) in [6, 6.07) is 8.63. The van der Waals surface area contributed by atoms with Crippen molar-refractivity contribution in [1.29, 1.82) is 0 Å². The van der Waals surface area contributed by atoms with E-state index >= 15 is 0 Å². The molecular formula is C22H28N2O2. The topological polar surface area (TPSA) is 34.6 Å². The van der Waals surface area contributed by atoms with Crippen molar-refractivity contribution in [2.75, 3.05) is 26.8 Å². The van der Waals surface area contributed by atoms with Crippen molar-refractivity contribution >= 4 is 10.9 Å². The molecule has 0 saturated carbocycles. The summed E-state index contributed by atoms with van der Waals surface area (Å²) in [5, 5.41) is 1.13. The van der Waals surface area contributed by atoms with Gasteiger partial charge in [-0.2, -0.15) is 0 Å². The molecule has 3 aliphatic rings. The van der Waals surface area contributed by atoms with Crippen molar-refractivity contribution in [1.82, 2.24) is 9.88 Å². The summed E-state index contributed by atoms with van der Waals surface area (Å²) in [7, 11) is 1.71. The van der Waals surface area contributed by atoms with Crippen LogP contribution in [0.25, 0.3) is 10.9 Å². The molecule has 4 heterocycles. The molecule has 3 saturated heterocycles. The number of benzene rings is 1. The lowest BCUT2D eigenvalue weighted by atomic mass is 9.73. The van der Waals surface area contributed by atoms with E-state index in [1.54, 1.807) is 7.11 Å². The first-order valence-electron chi connectivity index (χ1n) is 9.66. The predicted octanol–water partition coefficient (Wildman–Crippen LogP) is 4.22. The minimum Gasteiger partial charge on any atom is -0.497 e. The summed E-state index contributed by atoms with van der Waals surface area (Å²) in [6.07, 6.45) is 6.56. The third kappa shape index (κ3) is 3.01. The molecule has 2 bridgehead atoms. The van der Waals surface area contributed by atoms with Crippen LogP contribution in [0.3, 0.4) is 0 Å². The lowest BCUT2D eigenvalue weighted by Crippen LogP contribution is -2.55. The Hall–Kier alpha value is -1.91. The minimum atomic E-state index is 0.0613. The number of aromatic nitrogens is 1. The molecule has 1 aromatic carbocycles. The zero-order valence-electron chi connectivity index (χ0n) is 15.7. The molecule has 4 heteroatoms. The molecule has 0 radical (unpaired) electrons. The van der Waals surface area contributed by atoms with E-state index < -0.39 is 0 Å². The van der Waals surface area contributed by atoms with Gasteiger partial charge in [-0.25, -0.2) is 0 Å². The van der Waals surface area contributed by atoms with E-state index in [9.17, 15) is 0 Å². The summed E-state index contributed by atoms with van der Waals surface area (Å²) in [5.41, 5.74) is 2.22. The van der Waals surface area contributed by atoms with Crippen LogP contribution in [0, 0.1) is 11.8 Å². The van der Waals surface area contributed by atoms with Gasteiger partial charge in [0.25, 0.3) is 0 Å². The second-order valence-electron chi connectivity index (χ2n) is 7.41. The Morgan fingerprint density at radius 3 is 2.96 bits per heavy atom. The van der Waals surface area contributed by atoms with Crippen molar-refractivity contribution in [3.8, 4) is 5.75 Å². The van der Waals surface area contributed by atoms with Crippen LogP contribution in [0.15, 0.2) is 43.1 Å². The largest absolute Gasteiger partial charge is 0.497 e. The van der Waals surface area contributed by atoms with Gasteiger partial charge in [0.05, 0.1) is 18.7 Å². The van der Waals surface area contributed by atoms with Crippen molar-refractivity contribution in [2.45, 2.75) is 31.9 Å². The number of hydrogen-bond donors (Lipinski definition) is 0. The number of ether oxygens (including phenoxy) is 2. The first-order valence-corrected chi connectivity index (χ1v) is 9.66. The maximum Gasteiger partial charge on any atom is 0.119 e. The quantitative estimate of drug-likeness (QED) is 0.729. The van der Waals surface area contributed by atoms with Gasteiger partial charge in [0.1, 0.15) is 5.75 Å². The second-order valence-corrected chi connectivity index (χ2v) is 7.41. The lowest BCUT2D eigenvalue weighted by Gasteiger charge is -2.51. The fourth-order valence-corrected chi connectivity index (χ4v) is 4.80. The number of rotatable bonds is 6. The van der Waals surface area contributed by atoms with E-state index in [0.29, 0.717) is 18.6 Å². The molecule has 0 spiro atoms. The highest BCUT2D eigenvalue weighted by molar-refractivity contribution is 5.84. The van der Waals surface area contributed by atoms with Crippen molar-refractivity contribution in [2.24, 2.45) is 11.8 Å². The maximum absolute atomic E-state index is 6.33. The van der Waals surface area contributed by atoms with Crippen LogP contribution in [-0.4, -0.2) is 42.7 Å². The highest BCUT2D eigenvalue weighted by atomic mass is 16.5. The maximum atomic E-state index is 6.33. The molecule has 0 amide bonds. The average molecular weight is 352 g/mol. The average Bonchev–Trinajstić information content (AvgIpc) is 2.71.